The van der Waals surface area contributed by atoms with Crippen molar-refractivity contribution < 1.29 is 9.90 Å². The number of hydrogen-bond donors (Lipinski definition) is 2. The van der Waals surface area contributed by atoms with E-state index in [9.17, 15) is 4.79 Å². The Kier molecular flexibility index (Phi) is 2.25. The fourth-order valence-corrected chi connectivity index (χ4v) is 2.05. The van der Waals surface area contributed by atoms with E-state index >= 15 is 0 Å². The molecule has 0 spiro atoms. The van der Waals surface area contributed by atoms with Gasteiger partial charge in [0.2, 0.25) is 0 Å². The molecule has 0 aliphatic carbocycles. The lowest BCUT2D eigenvalue weighted by atomic mass is 10.2. The van der Waals surface area contributed by atoms with E-state index in [1.165, 1.54) is 6.20 Å². The van der Waals surface area contributed by atoms with Gasteiger partial charge in [0.25, 0.3) is 0 Å². The predicted molar refractivity (Wildman–Crippen MR) is 58.0 cm³/mol. The number of carbonyl (C=O) groups is 1. The Morgan fingerprint density at radius 2 is 2.21 bits per heavy atom. The van der Waals surface area contributed by atoms with Crippen LogP contribution in [0.4, 0.5) is 0 Å². The molecule has 1 heterocycles. The third-order valence-corrected chi connectivity index (χ3v) is 2.94. The summed E-state index contributed by atoms with van der Waals surface area (Å²) in [4.78, 5) is 13.7. The summed E-state index contributed by atoms with van der Waals surface area (Å²) in [5.74, 6) is -0.990. The predicted octanol–water partition coefficient (Wildman–Crippen LogP) is 3.28. The smallest absolute Gasteiger partial charge is 0.337 e. The maximum absolute atomic E-state index is 10.8. The first-order valence-electron chi connectivity index (χ1n) is 3.79. The van der Waals surface area contributed by atoms with Crippen LogP contribution in [0.15, 0.2) is 22.8 Å². The normalized spacial score (nSPS) is 10.7. The average Bonchev–Trinajstić information content (AvgIpc) is 2.56. The molecule has 2 rings (SSSR count). The molecule has 0 aliphatic rings. The second-order valence-corrected chi connectivity index (χ2v) is 4.05. The SMILES string of the molecule is O=C(O)c1c[nH]c2c(Br)ccc(Cl)c12. The molecule has 0 atom stereocenters. The first-order valence-corrected chi connectivity index (χ1v) is 4.96. The number of carboxylic acid groups (broad SMARTS) is 1. The number of carboxylic acids is 1. The zero-order chi connectivity index (χ0) is 10.3. The number of halogens is 2. The van der Waals surface area contributed by atoms with Crippen LogP contribution < -0.4 is 0 Å². The molecule has 14 heavy (non-hydrogen) atoms. The van der Waals surface area contributed by atoms with Gasteiger partial charge in [-0.25, -0.2) is 4.79 Å². The van der Waals surface area contributed by atoms with E-state index in [0.29, 0.717) is 15.9 Å². The Labute approximate surface area is 92.8 Å². The summed E-state index contributed by atoms with van der Waals surface area (Å²) in [6.07, 6.45) is 1.43. The van der Waals surface area contributed by atoms with Crippen LogP contribution in [0.2, 0.25) is 5.02 Å². The Morgan fingerprint density at radius 1 is 1.50 bits per heavy atom. The van der Waals surface area contributed by atoms with Gasteiger partial charge in [0, 0.05) is 16.1 Å². The van der Waals surface area contributed by atoms with Crippen molar-refractivity contribution in [2.75, 3.05) is 0 Å². The first kappa shape index (κ1) is 9.55. The Hall–Kier alpha value is -1.00. The van der Waals surface area contributed by atoms with Gasteiger partial charge >= 0.3 is 5.97 Å². The van der Waals surface area contributed by atoms with Crippen molar-refractivity contribution in [2.45, 2.75) is 0 Å². The van der Waals surface area contributed by atoms with Gasteiger partial charge in [-0.05, 0) is 28.1 Å². The molecule has 5 heteroatoms. The minimum atomic E-state index is -0.990. The molecule has 0 fully saturated rings. The highest BCUT2D eigenvalue weighted by molar-refractivity contribution is 9.10. The highest BCUT2D eigenvalue weighted by Crippen LogP contribution is 2.31. The summed E-state index contributed by atoms with van der Waals surface area (Å²) >= 11 is 9.23. The van der Waals surface area contributed by atoms with Crippen molar-refractivity contribution >= 4 is 44.4 Å². The second-order valence-electron chi connectivity index (χ2n) is 2.79. The number of aromatic carboxylic acids is 1. The molecule has 0 saturated heterocycles. The van der Waals surface area contributed by atoms with Gasteiger partial charge in [0.15, 0.2) is 0 Å². The lowest BCUT2D eigenvalue weighted by Crippen LogP contribution is -1.93. The molecular formula is C9H5BrClNO2. The molecule has 0 radical (unpaired) electrons. The maximum Gasteiger partial charge on any atom is 0.337 e. The molecule has 1 aromatic heterocycles. The molecule has 3 nitrogen and oxygen atoms in total. The van der Waals surface area contributed by atoms with Crippen LogP contribution in [-0.4, -0.2) is 16.1 Å². The van der Waals surface area contributed by atoms with Crippen molar-refractivity contribution in [3.05, 3.63) is 33.4 Å². The fourth-order valence-electron chi connectivity index (χ4n) is 1.34. The zero-order valence-electron chi connectivity index (χ0n) is 6.84. The number of rotatable bonds is 1. The molecule has 0 bridgehead atoms. The standard InChI is InChI=1S/C9H5BrClNO2/c10-5-1-2-6(11)7-4(9(13)14)3-12-8(5)7/h1-3,12H,(H,13,14). The van der Waals surface area contributed by atoms with E-state index < -0.39 is 5.97 Å². The molecule has 2 N–H and O–H groups in total. The number of aromatic amines is 1. The van der Waals surface area contributed by atoms with E-state index in [4.69, 9.17) is 16.7 Å². The van der Waals surface area contributed by atoms with Crippen molar-refractivity contribution in [3.8, 4) is 0 Å². The van der Waals surface area contributed by atoms with Crippen molar-refractivity contribution in [2.24, 2.45) is 0 Å². The quantitative estimate of drug-likeness (QED) is 0.838. The van der Waals surface area contributed by atoms with E-state index in [1.807, 2.05) is 0 Å². The van der Waals surface area contributed by atoms with E-state index in [-0.39, 0.29) is 5.56 Å². The zero-order valence-corrected chi connectivity index (χ0v) is 9.19. The van der Waals surface area contributed by atoms with Gasteiger partial charge in [0.1, 0.15) is 0 Å². The third kappa shape index (κ3) is 1.31. The molecule has 1 aromatic carbocycles. The molecular weight excluding hydrogens is 269 g/mol. The molecule has 0 unspecified atom stereocenters. The summed E-state index contributed by atoms with van der Waals surface area (Å²) in [5.41, 5.74) is 0.890. The van der Waals surface area contributed by atoms with Crippen LogP contribution in [0, 0.1) is 0 Å². The minimum Gasteiger partial charge on any atom is -0.478 e. The molecule has 0 amide bonds. The highest BCUT2D eigenvalue weighted by atomic mass is 79.9. The summed E-state index contributed by atoms with van der Waals surface area (Å²) in [6, 6.07) is 3.43. The third-order valence-electron chi connectivity index (χ3n) is 1.96. The van der Waals surface area contributed by atoms with Crippen LogP contribution in [0.3, 0.4) is 0 Å². The maximum atomic E-state index is 10.8. The number of nitrogens with one attached hydrogen (secondary N) is 1. The van der Waals surface area contributed by atoms with Crippen LogP contribution in [0.1, 0.15) is 10.4 Å². The van der Waals surface area contributed by atoms with Crippen LogP contribution in [-0.2, 0) is 0 Å². The number of aromatic nitrogens is 1. The summed E-state index contributed by atoms with van der Waals surface area (Å²) < 4.78 is 0.796. The molecule has 72 valence electrons. The topological polar surface area (TPSA) is 53.1 Å². The lowest BCUT2D eigenvalue weighted by molar-refractivity contribution is 0.0699. The minimum absolute atomic E-state index is 0.186. The van der Waals surface area contributed by atoms with Crippen molar-refractivity contribution in [3.63, 3.8) is 0 Å². The molecule has 0 saturated carbocycles. The van der Waals surface area contributed by atoms with E-state index in [2.05, 4.69) is 20.9 Å². The highest BCUT2D eigenvalue weighted by Gasteiger charge is 2.14. The molecule has 0 aliphatic heterocycles. The number of benzene rings is 1. The summed E-state index contributed by atoms with van der Waals surface area (Å²) in [7, 11) is 0. The largest absolute Gasteiger partial charge is 0.478 e. The lowest BCUT2D eigenvalue weighted by Gasteiger charge is -1.97. The Morgan fingerprint density at radius 3 is 2.86 bits per heavy atom. The van der Waals surface area contributed by atoms with Crippen LogP contribution >= 0.6 is 27.5 Å². The fraction of sp³-hybridized carbons (Fsp3) is 0. The van der Waals surface area contributed by atoms with E-state index in [1.54, 1.807) is 12.1 Å². The number of hydrogen-bond acceptors (Lipinski definition) is 1. The van der Waals surface area contributed by atoms with Gasteiger partial charge in [-0.15, -0.1) is 0 Å². The Balaban J connectivity index is 2.90. The van der Waals surface area contributed by atoms with Gasteiger partial charge < -0.3 is 10.1 Å². The Bertz CT molecular complexity index is 521. The van der Waals surface area contributed by atoms with Gasteiger partial charge in [0.05, 0.1) is 16.1 Å². The first-order chi connectivity index (χ1) is 6.61. The monoisotopic (exact) mass is 273 g/mol. The van der Waals surface area contributed by atoms with Crippen molar-refractivity contribution in [1.29, 1.82) is 0 Å². The van der Waals surface area contributed by atoms with Gasteiger partial charge in [-0.2, -0.15) is 0 Å². The summed E-state index contributed by atoms with van der Waals surface area (Å²) in [6.45, 7) is 0. The number of H-pyrrole nitrogens is 1. The van der Waals surface area contributed by atoms with Gasteiger partial charge in [-0.1, -0.05) is 11.6 Å². The van der Waals surface area contributed by atoms with E-state index in [0.717, 1.165) is 4.47 Å². The van der Waals surface area contributed by atoms with Crippen LogP contribution in [0.5, 0.6) is 0 Å². The van der Waals surface area contributed by atoms with Crippen molar-refractivity contribution in [1.82, 2.24) is 4.98 Å². The number of fused-ring (bicyclic) bond motifs is 1. The summed E-state index contributed by atoms with van der Waals surface area (Å²) in [5, 5.41) is 9.86. The average molecular weight is 275 g/mol. The van der Waals surface area contributed by atoms with Gasteiger partial charge in [-0.3, -0.25) is 0 Å². The second kappa shape index (κ2) is 3.29. The van der Waals surface area contributed by atoms with Crippen LogP contribution in [0.25, 0.3) is 10.9 Å². The molecule has 2 aromatic rings.